The third-order valence-electron chi connectivity index (χ3n) is 4.07. The van der Waals surface area contributed by atoms with Crippen LogP contribution in [-0.2, 0) is 6.18 Å². The van der Waals surface area contributed by atoms with E-state index in [0.29, 0.717) is 5.56 Å². The summed E-state index contributed by atoms with van der Waals surface area (Å²) in [7, 11) is 0. The van der Waals surface area contributed by atoms with E-state index in [4.69, 9.17) is 0 Å². The number of allylic oxidation sites excluding steroid dienone is 4. The Kier molecular flexibility index (Phi) is 2.67. The smallest absolute Gasteiger partial charge is 0.166 e. The van der Waals surface area contributed by atoms with Gasteiger partial charge in [-0.15, -0.1) is 0 Å². The summed E-state index contributed by atoms with van der Waals surface area (Å²) in [5, 5.41) is 0. The fraction of sp³-hybridized carbons (Fsp3) is 0.0526. The van der Waals surface area contributed by atoms with Crippen LogP contribution in [0.25, 0.3) is 23.3 Å². The predicted octanol–water partition coefficient (Wildman–Crippen LogP) is 5.67. The van der Waals surface area contributed by atoms with E-state index in [1.807, 2.05) is 48.6 Å². The molecule has 108 valence electrons. The molecule has 2 aromatic carbocycles. The van der Waals surface area contributed by atoms with E-state index in [0.717, 1.165) is 33.9 Å². The van der Waals surface area contributed by atoms with Gasteiger partial charge in [0, 0.05) is 0 Å². The molecule has 2 aliphatic rings. The summed E-state index contributed by atoms with van der Waals surface area (Å²) in [5.74, 6) is 0. The molecule has 0 aromatic heterocycles. The van der Waals surface area contributed by atoms with Gasteiger partial charge in [0.15, 0.2) is 0 Å². The first-order valence-corrected chi connectivity index (χ1v) is 6.95. The first-order chi connectivity index (χ1) is 10.5. The minimum Gasteiger partial charge on any atom is -0.166 e. The molecule has 3 heteroatoms. The molecule has 0 atom stereocenters. The van der Waals surface area contributed by atoms with Crippen LogP contribution in [0, 0.1) is 0 Å². The maximum absolute atomic E-state index is 12.9. The van der Waals surface area contributed by atoms with Gasteiger partial charge >= 0.3 is 6.18 Å². The summed E-state index contributed by atoms with van der Waals surface area (Å²) < 4.78 is 38.8. The molecule has 0 saturated heterocycles. The number of hydrogen-bond acceptors (Lipinski definition) is 0. The molecule has 0 spiro atoms. The number of benzene rings is 2. The molecule has 0 bridgehead atoms. The SMILES string of the molecule is FC(F)(F)c1ccc2c(c1)/C(=C1/C=Cc3ccccc31)C=C2. The van der Waals surface area contributed by atoms with Crippen LogP contribution in [0.5, 0.6) is 0 Å². The molecule has 0 heterocycles. The number of fused-ring (bicyclic) bond motifs is 2. The van der Waals surface area contributed by atoms with Gasteiger partial charge in [-0.1, -0.05) is 54.6 Å². The van der Waals surface area contributed by atoms with Crippen molar-refractivity contribution < 1.29 is 13.2 Å². The number of alkyl halides is 3. The predicted molar refractivity (Wildman–Crippen MR) is 82.8 cm³/mol. The van der Waals surface area contributed by atoms with E-state index in [2.05, 4.69) is 0 Å². The first-order valence-electron chi connectivity index (χ1n) is 6.95. The molecule has 0 fully saturated rings. The molecule has 0 saturated carbocycles. The van der Waals surface area contributed by atoms with E-state index in [-0.39, 0.29) is 0 Å². The number of hydrogen-bond donors (Lipinski definition) is 0. The zero-order valence-electron chi connectivity index (χ0n) is 11.5. The lowest BCUT2D eigenvalue weighted by Crippen LogP contribution is -2.05. The van der Waals surface area contributed by atoms with Gasteiger partial charge in [0.2, 0.25) is 0 Å². The average molecular weight is 296 g/mol. The number of rotatable bonds is 0. The molecule has 0 aliphatic heterocycles. The fourth-order valence-corrected chi connectivity index (χ4v) is 2.99. The molecular formula is C19H11F3. The Hall–Kier alpha value is -2.55. The molecule has 4 rings (SSSR count). The number of halogens is 3. The topological polar surface area (TPSA) is 0 Å². The molecule has 0 radical (unpaired) electrons. The van der Waals surface area contributed by atoms with Crippen molar-refractivity contribution in [2.45, 2.75) is 6.18 Å². The maximum atomic E-state index is 12.9. The van der Waals surface area contributed by atoms with Crippen LogP contribution in [0.1, 0.15) is 27.8 Å². The monoisotopic (exact) mass is 296 g/mol. The summed E-state index contributed by atoms with van der Waals surface area (Å²) in [6.07, 6.45) is 3.41. The third kappa shape index (κ3) is 1.93. The van der Waals surface area contributed by atoms with Crippen molar-refractivity contribution in [2.75, 3.05) is 0 Å². The van der Waals surface area contributed by atoms with Crippen molar-refractivity contribution in [2.24, 2.45) is 0 Å². The van der Waals surface area contributed by atoms with Crippen LogP contribution in [-0.4, -0.2) is 0 Å². The Morgan fingerprint density at radius 3 is 2.00 bits per heavy atom. The van der Waals surface area contributed by atoms with E-state index < -0.39 is 11.7 Å². The van der Waals surface area contributed by atoms with Gasteiger partial charge in [-0.25, -0.2) is 0 Å². The second kappa shape index (κ2) is 4.47. The largest absolute Gasteiger partial charge is 0.416 e. The molecular weight excluding hydrogens is 285 g/mol. The Bertz CT molecular complexity index is 864. The molecule has 2 aromatic rings. The van der Waals surface area contributed by atoms with E-state index >= 15 is 0 Å². The van der Waals surface area contributed by atoms with Gasteiger partial charge in [-0.2, -0.15) is 13.2 Å². The maximum Gasteiger partial charge on any atom is 0.416 e. The summed E-state index contributed by atoms with van der Waals surface area (Å²) in [6.45, 7) is 0. The normalized spacial score (nSPS) is 18.7. The molecule has 2 aliphatic carbocycles. The van der Waals surface area contributed by atoms with E-state index in [9.17, 15) is 13.2 Å². The van der Waals surface area contributed by atoms with Crippen LogP contribution >= 0.6 is 0 Å². The summed E-state index contributed by atoms with van der Waals surface area (Å²) in [4.78, 5) is 0. The van der Waals surface area contributed by atoms with Crippen molar-refractivity contribution in [3.05, 3.63) is 82.4 Å². The minimum atomic E-state index is -4.32. The zero-order valence-corrected chi connectivity index (χ0v) is 11.5. The molecule has 0 nitrogen and oxygen atoms in total. The van der Waals surface area contributed by atoms with Gasteiger partial charge in [0.05, 0.1) is 5.56 Å². The van der Waals surface area contributed by atoms with Gasteiger partial charge in [-0.05, 0) is 45.5 Å². The Balaban J connectivity index is 1.91. The quantitative estimate of drug-likeness (QED) is 0.587. The van der Waals surface area contributed by atoms with E-state index in [1.165, 1.54) is 12.1 Å². The fourth-order valence-electron chi connectivity index (χ4n) is 2.99. The summed E-state index contributed by atoms with van der Waals surface area (Å²) in [5.41, 5.74) is 4.85. The van der Waals surface area contributed by atoms with Crippen LogP contribution in [0.3, 0.4) is 0 Å². The van der Waals surface area contributed by atoms with E-state index in [1.54, 1.807) is 0 Å². The lowest BCUT2D eigenvalue weighted by molar-refractivity contribution is -0.137. The Morgan fingerprint density at radius 2 is 1.27 bits per heavy atom. The Morgan fingerprint density at radius 1 is 0.636 bits per heavy atom. The molecule has 0 unspecified atom stereocenters. The second-order valence-electron chi connectivity index (χ2n) is 5.38. The lowest BCUT2D eigenvalue weighted by atomic mass is 9.95. The van der Waals surface area contributed by atoms with Crippen LogP contribution in [0.15, 0.2) is 54.6 Å². The van der Waals surface area contributed by atoms with Crippen molar-refractivity contribution >= 4 is 23.3 Å². The van der Waals surface area contributed by atoms with Crippen molar-refractivity contribution in [1.29, 1.82) is 0 Å². The first kappa shape index (κ1) is 13.1. The highest BCUT2D eigenvalue weighted by atomic mass is 19.4. The average Bonchev–Trinajstić information content (AvgIpc) is 3.08. The highest BCUT2D eigenvalue weighted by molar-refractivity contribution is 6.10. The van der Waals surface area contributed by atoms with Crippen LogP contribution in [0.2, 0.25) is 0 Å². The van der Waals surface area contributed by atoms with Crippen LogP contribution in [0.4, 0.5) is 13.2 Å². The van der Waals surface area contributed by atoms with Gasteiger partial charge in [0.1, 0.15) is 0 Å². The van der Waals surface area contributed by atoms with Gasteiger partial charge in [0.25, 0.3) is 0 Å². The van der Waals surface area contributed by atoms with Crippen molar-refractivity contribution in [3.8, 4) is 0 Å². The molecule has 0 N–H and O–H groups in total. The molecule has 22 heavy (non-hydrogen) atoms. The van der Waals surface area contributed by atoms with Gasteiger partial charge in [-0.3, -0.25) is 0 Å². The van der Waals surface area contributed by atoms with Crippen molar-refractivity contribution in [3.63, 3.8) is 0 Å². The Labute approximate surface area is 125 Å². The van der Waals surface area contributed by atoms with Crippen LogP contribution < -0.4 is 0 Å². The zero-order chi connectivity index (χ0) is 15.3. The summed E-state index contributed by atoms with van der Waals surface area (Å²) >= 11 is 0. The highest BCUT2D eigenvalue weighted by Crippen LogP contribution is 2.42. The second-order valence-corrected chi connectivity index (χ2v) is 5.38. The van der Waals surface area contributed by atoms with Gasteiger partial charge < -0.3 is 0 Å². The minimum absolute atomic E-state index is 0.608. The standard InChI is InChI=1S/C19H11F3/c20-19(21,22)14-8-5-13-7-10-17(18(13)11-14)16-9-6-12-3-1-2-4-15(12)16/h1-11H/b17-16-. The summed E-state index contributed by atoms with van der Waals surface area (Å²) in [6, 6.07) is 11.8. The molecule has 0 amide bonds. The third-order valence-corrected chi connectivity index (χ3v) is 4.07. The van der Waals surface area contributed by atoms with Crippen molar-refractivity contribution in [1.82, 2.24) is 0 Å². The highest BCUT2D eigenvalue weighted by Gasteiger charge is 2.32. The lowest BCUT2D eigenvalue weighted by Gasteiger charge is -2.11.